The molecule has 3 rings (SSSR count). The van der Waals surface area contributed by atoms with Crippen molar-refractivity contribution in [2.75, 3.05) is 5.32 Å². The molecule has 5 nitrogen and oxygen atoms in total. The van der Waals surface area contributed by atoms with Gasteiger partial charge in [0.05, 0.1) is 5.56 Å². The van der Waals surface area contributed by atoms with Crippen LogP contribution in [-0.4, -0.2) is 10.7 Å². The van der Waals surface area contributed by atoms with Crippen molar-refractivity contribution in [3.63, 3.8) is 0 Å². The van der Waals surface area contributed by atoms with Crippen LogP contribution < -0.4 is 16.2 Å². The van der Waals surface area contributed by atoms with Crippen LogP contribution in [0.4, 0.5) is 24.7 Å². The van der Waals surface area contributed by atoms with E-state index in [2.05, 4.69) is 15.6 Å². The van der Waals surface area contributed by atoms with Crippen molar-refractivity contribution in [1.82, 2.24) is 10.3 Å². The molecule has 0 aliphatic rings. The zero-order chi connectivity index (χ0) is 22.6. The Bertz CT molecular complexity index is 1140. The zero-order valence-electron chi connectivity index (χ0n) is 17.2. The first-order chi connectivity index (χ1) is 14.6. The van der Waals surface area contributed by atoms with Crippen LogP contribution in [0.1, 0.15) is 34.7 Å². The molecule has 0 aliphatic heterocycles. The summed E-state index contributed by atoms with van der Waals surface area (Å²) in [5.74, 6) is 0.418. The fourth-order valence-electron chi connectivity index (χ4n) is 3.13. The lowest BCUT2D eigenvalue weighted by Gasteiger charge is -2.14. The molecule has 8 heteroatoms. The average Bonchev–Trinajstić information content (AvgIpc) is 2.70. The van der Waals surface area contributed by atoms with Gasteiger partial charge in [-0.2, -0.15) is 13.2 Å². The van der Waals surface area contributed by atoms with Gasteiger partial charge in [-0.1, -0.05) is 24.3 Å². The molecule has 0 radical (unpaired) electrons. The van der Waals surface area contributed by atoms with E-state index < -0.39 is 11.7 Å². The lowest BCUT2D eigenvalue weighted by atomic mass is 10.0. The molecule has 0 saturated carbocycles. The second-order valence-electron chi connectivity index (χ2n) is 7.27. The third-order valence-electron chi connectivity index (χ3n) is 4.87. The molecule has 0 atom stereocenters. The molecular weight excluding hydrogens is 405 g/mol. The number of H-pyrrole nitrogens is 1. The van der Waals surface area contributed by atoms with Crippen molar-refractivity contribution in [2.24, 2.45) is 0 Å². The molecule has 0 fully saturated rings. The third-order valence-corrected chi connectivity index (χ3v) is 4.87. The van der Waals surface area contributed by atoms with E-state index in [1.165, 1.54) is 6.07 Å². The molecule has 0 aliphatic carbocycles. The quantitative estimate of drug-likeness (QED) is 0.394. The number of benzene rings is 2. The van der Waals surface area contributed by atoms with Gasteiger partial charge < -0.3 is 21.0 Å². The summed E-state index contributed by atoms with van der Waals surface area (Å²) in [5, 5.41) is 14.2. The maximum Gasteiger partial charge on any atom is 0.416 e. The Balaban J connectivity index is 1.78. The molecule has 1 heterocycles. The van der Waals surface area contributed by atoms with Gasteiger partial charge in [0, 0.05) is 35.6 Å². The Hall–Kier alpha value is -3.39. The molecule has 3 aromatic rings. The number of alkyl halides is 3. The largest absolute Gasteiger partial charge is 0.416 e. The molecule has 0 spiro atoms. The summed E-state index contributed by atoms with van der Waals surface area (Å²) >= 11 is 0. The van der Waals surface area contributed by atoms with Crippen LogP contribution in [-0.2, 0) is 19.3 Å². The van der Waals surface area contributed by atoms with E-state index in [1.807, 2.05) is 30.3 Å². The van der Waals surface area contributed by atoms with Crippen LogP contribution in [0.5, 0.6) is 0 Å². The summed E-state index contributed by atoms with van der Waals surface area (Å²) in [6, 6.07) is 14.5. The lowest BCUT2D eigenvalue weighted by molar-refractivity contribution is -0.137. The van der Waals surface area contributed by atoms with Gasteiger partial charge >= 0.3 is 6.18 Å². The summed E-state index contributed by atoms with van der Waals surface area (Å²) < 4.78 is 38.9. The number of anilines is 2. The summed E-state index contributed by atoms with van der Waals surface area (Å²) in [4.78, 5) is 15.3. The Morgan fingerprint density at radius 3 is 2.35 bits per heavy atom. The number of hydrogen-bond acceptors (Lipinski definition) is 4. The van der Waals surface area contributed by atoms with Gasteiger partial charge in [0.15, 0.2) is 0 Å². The minimum atomic E-state index is -4.41. The highest BCUT2D eigenvalue weighted by Crippen LogP contribution is 2.30. The maximum absolute atomic E-state index is 13.0. The molecule has 0 unspecified atom stereocenters. The monoisotopic (exact) mass is 428 g/mol. The molecule has 2 aromatic carbocycles. The van der Waals surface area contributed by atoms with Crippen molar-refractivity contribution < 1.29 is 13.2 Å². The van der Waals surface area contributed by atoms with Gasteiger partial charge in [0.25, 0.3) is 5.56 Å². The number of para-hydroxylation sites is 1. The van der Waals surface area contributed by atoms with E-state index in [0.29, 0.717) is 22.5 Å². The lowest BCUT2D eigenvalue weighted by Crippen LogP contribution is -2.23. The van der Waals surface area contributed by atoms with Gasteiger partial charge in [-0.3, -0.25) is 4.79 Å². The van der Waals surface area contributed by atoms with Gasteiger partial charge in [-0.25, -0.2) is 0 Å². The molecule has 4 N–H and O–H groups in total. The maximum atomic E-state index is 13.0. The highest BCUT2D eigenvalue weighted by molar-refractivity contribution is 6.01. The van der Waals surface area contributed by atoms with Crippen molar-refractivity contribution in [1.29, 1.82) is 5.41 Å². The van der Waals surface area contributed by atoms with Crippen LogP contribution >= 0.6 is 0 Å². The van der Waals surface area contributed by atoms with Gasteiger partial charge in [-0.15, -0.1) is 0 Å². The normalized spacial score (nSPS) is 11.4. The minimum Gasteiger partial charge on any atom is -0.341 e. The van der Waals surface area contributed by atoms with Crippen LogP contribution in [0, 0.1) is 12.3 Å². The molecule has 1 aromatic heterocycles. The predicted octanol–water partition coefficient (Wildman–Crippen LogP) is 5.12. The average molecular weight is 428 g/mol. The SMILES string of the molecule is CC(=N)c1cc(CNCc2cc(C(F)(F)F)ccc2C)c(=O)[nH]c1Nc1ccccc1. The first-order valence-electron chi connectivity index (χ1n) is 9.66. The summed E-state index contributed by atoms with van der Waals surface area (Å²) in [6.45, 7) is 3.69. The first kappa shape index (κ1) is 22.3. The fraction of sp³-hybridized carbons (Fsp3) is 0.217. The summed E-state index contributed by atoms with van der Waals surface area (Å²) in [6.07, 6.45) is -4.41. The Morgan fingerprint density at radius 1 is 1.03 bits per heavy atom. The van der Waals surface area contributed by atoms with E-state index in [0.717, 1.165) is 23.4 Å². The number of pyridine rings is 1. The standard InChI is InChI=1S/C23H23F3N4O/c1-14-8-9-18(23(24,25)26)10-16(14)12-28-13-17-11-20(15(2)27)21(30-22(17)31)29-19-6-4-3-5-7-19/h3-11,27-28H,12-13H2,1-2H3,(H2,29,30,31). The number of halogens is 3. The first-order valence-corrected chi connectivity index (χ1v) is 9.66. The third kappa shape index (κ3) is 5.61. The topological polar surface area (TPSA) is 80.8 Å². The van der Waals surface area contributed by atoms with Crippen molar-refractivity contribution in [3.8, 4) is 0 Å². The van der Waals surface area contributed by atoms with Crippen LogP contribution in [0.2, 0.25) is 0 Å². The van der Waals surface area contributed by atoms with E-state index in [4.69, 9.17) is 5.41 Å². The van der Waals surface area contributed by atoms with Crippen molar-refractivity contribution >= 4 is 17.2 Å². The molecule has 0 amide bonds. The fourth-order valence-corrected chi connectivity index (χ4v) is 3.13. The van der Waals surface area contributed by atoms with Crippen molar-refractivity contribution in [2.45, 2.75) is 33.1 Å². The number of aryl methyl sites for hydroxylation is 1. The molecular formula is C23H23F3N4O. The number of nitrogens with one attached hydrogen (secondary N) is 4. The Kier molecular flexibility index (Phi) is 6.60. The van der Waals surface area contributed by atoms with Crippen LogP contribution in [0.3, 0.4) is 0 Å². The number of rotatable bonds is 7. The molecule has 0 saturated heterocycles. The Labute approximate surface area is 177 Å². The van der Waals surface area contributed by atoms with Gasteiger partial charge in [0.2, 0.25) is 0 Å². The Morgan fingerprint density at radius 2 is 1.71 bits per heavy atom. The van der Waals surface area contributed by atoms with E-state index in [9.17, 15) is 18.0 Å². The number of hydrogen-bond donors (Lipinski definition) is 4. The molecule has 162 valence electrons. The zero-order valence-corrected chi connectivity index (χ0v) is 17.2. The number of aromatic nitrogens is 1. The summed E-state index contributed by atoms with van der Waals surface area (Å²) in [7, 11) is 0. The van der Waals surface area contributed by atoms with Gasteiger partial charge in [0.1, 0.15) is 5.82 Å². The molecule has 0 bridgehead atoms. The summed E-state index contributed by atoms with van der Waals surface area (Å²) in [5.41, 5.74) is 2.17. The predicted molar refractivity (Wildman–Crippen MR) is 116 cm³/mol. The smallest absolute Gasteiger partial charge is 0.341 e. The van der Waals surface area contributed by atoms with Crippen LogP contribution in [0.15, 0.2) is 59.4 Å². The highest BCUT2D eigenvalue weighted by atomic mass is 19.4. The minimum absolute atomic E-state index is 0.150. The number of aromatic amines is 1. The highest BCUT2D eigenvalue weighted by Gasteiger charge is 2.30. The second-order valence-corrected chi connectivity index (χ2v) is 7.27. The van der Waals surface area contributed by atoms with E-state index >= 15 is 0 Å². The second kappa shape index (κ2) is 9.18. The molecule has 31 heavy (non-hydrogen) atoms. The van der Waals surface area contributed by atoms with Gasteiger partial charge in [-0.05, 0) is 55.3 Å². The van der Waals surface area contributed by atoms with Crippen molar-refractivity contribution in [3.05, 3.63) is 92.8 Å². The van der Waals surface area contributed by atoms with E-state index in [1.54, 1.807) is 19.9 Å². The van der Waals surface area contributed by atoms with E-state index in [-0.39, 0.29) is 24.4 Å². The van der Waals surface area contributed by atoms with Crippen LogP contribution in [0.25, 0.3) is 0 Å².